The van der Waals surface area contributed by atoms with Crippen LogP contribution >= 0.6 is 0 Å². The molecule has 0 aliphatic heterocycles. The van der Waals surface area contributed by atoms with Crippen molar-refractivity contribution in [3.63, 3.8) is 0 Å². The molecule has 3 saturated carbocycles. The Labute approximate surface area is 188 Å². The standard InChI is InChI=1S/C29H51N/c1-3-5-6-7-8-20-29(23-30)21-9-11-28(22-29)27-18-16-26(17-19-27)25-14-12-24(10-4-2)13-15-25/h24-28H,3-22H2,1-2H3/t24-,25-,26?,27?,28?,29?. The minimum atomic E-state index is 0.0314. The van der Waals surface area contributed by atoms with Crippen LogP contribution in [0.1, 0.15) is 142 Å². The molecular formula is C29H51N. The molecule has 1 heteroatoms. The van der Waals surface area contributed by atoms with E-state index in [2.05, 4.69) is 19.9 Å². The van der Waals surface area contributed by atoms with Gasteiger partial charge in [0.05, 0.1) is 11.5 Å². The van der Waals surface area contributed by atoms with Gasteiger partial charge in [0.2, 0.25) is 0 Å². The fraction of sp³-hybridized carbons (Fsp3) is 0.966. The predicted octanol–water partition coefficient (Wildman–Crippen LogP) is 9.46. The lowest BCUT2D eigenvalue weighted by Gasteiger charge is -2.43. The number of hydrogen-bond acceptors (Lipinski definition) is 1. The second kappa shape index (κ2) is 12.5. The Hall–Kier alpha value is -0.510. The Morgan fingerprint density at radius 2 is 1.30 bits per heavy atom. The lowest BCUT2D eigenvalue weighted by molar-refractivity contribution is 0.0814. The molecule has 0 aromatic carbocycles. The molecule has 1 nitrogen and oxygen atoms in total. The second-order valence-corrected chi connectivity index (χ2v) is 11.7. The normalized spacial score (nSPS) is 37.6. The maximum atomic E-state index is 10.1. The summed E-state index contributed by atoms with van der Waals surface area (Å²) >= 11 is 0. The predicted molar refractivity (Wildman–Crippen MR) is 129 cm³/mol. The summed E-state index contributed by atoms with van der Waals surface area (Å²) in [6.07, 6.45) is 27.9. The molecule has 3 aliphatic carbocycles. The van der Waals surface area contributed by atoms with Crippen molar-refractivity contribution in [2.24, 2.45) is 35.0 Å². The van der Waals surface area contributed by atoms with E-state index in [1.165, 1.54) is 128 Å². The molecule has 3 fully saturated rings. The maximum absolute atomic E-state index is 10.1. The van der Waals surface area contributed by atoms with Crippen molar-refractivity contribution in [3.8, 4) is 6.07 Å². The molecular weight excluding hydrogens is 362 g/mol. The zero-order valence-corrected chi connectivity index (χ0v) is 20.5. The van der Waals surface area contributed by atoms with Crippen LogP contribution in [0.2, 0.25) is 0 Å². The van der Waals surface area contributed by atoms with E-state index < -0.39 is 0 Å². The molecule has 0 saturated heterocycles. The van der Waals surface area contributed by atoms with E-state index in [4.69, 9.17) is 0 Å². The molecule has 2 atom stereocenters. The summed E-state index contributed by atoms with van der Waals surface area (Å²) in [6.45, 7) is 4.64. The van der Waals surface area contributed by atoms with Crippen LogP contribution in [-0.4, -0.2) is 0 Å². The lowest BCUT2D eigenvalue weighted by Crippen LogP contribution is -2.34. The molecule has 3 aliphatic rings. The summed E-state index contributed by atoms with van der Waals surface area (Å²) in [4.78, 5) is 0. The highest BCUT2D eigenvalue weighted by atomic mass is 14.5. The summed E-state index contributed by atoms with van der Waals surface area (Å²) < 4.78 is 0. The van der Waals surface area contributed by atoms with Crippen LogP contribution in [0.3, 0.4) is 0 Å². The van der Waals surface area contributed by atoms with Gasteiger partial charge in [0.25, 0.3) is 0 Å². The third-order valence-corrected chi connectivity index (χ3v) is 9.62. The van der Waals surface area contributed by atoms with E-state index in [1.54, 1.807) is 0 Å². The monoisotopic (exact) mass is 413 g/mol. The van der Waals surface area contributed by atoms with Gasteiger partial charge in [-0.1, -0.05) is 84.5 Å². The van der Waals surface area contributed by atoms with Crippen molar-refractivity contribution >= 4 is 0 Å². The average Bonchev–Trinajstić information content (AvgIpc) is 2.80. The highest BCUT2D eigenvalue weighted by Crippen LogP contribution is 2.50. The zero-order valence-electron chi connectivity index (χ0n) is 20.5. The third-order valence-electron chi connectivity index (χ3n) is 9.62. The Kier molecular flexibility index (Phi) is 10.1. The van der Waals surface area contributed by atoms with Gasteiger partial charge >= 0.3 is 0 Å². The van der Waals surface area contributed by atoms with E-state index >= 15 is 0 Å². The number of unbranched alkanes of at least 4 members (excludes halogenated alkanes) is 4. The SMILES string of the molecule is CCCCCCCC1(C#N)CCCC(C2CCC([C@H]3CC[C@H](CCC)CC3)CC2)C1. The van der Waals surface area contributed by atoms with Gasteiger partial charge in [-0.05, 0) is 87.4 Å². The first-order valence-electron chi connectivity index (χ1n) is 14.1. The van der Waals surface area contributed by atoms with Gasteiger partial charge < -0.3 is 0 Å². The molecule has 0 N–H and O–H groups in total. The van der Waals surface area contributed by atoms with Crippen LogP contribution in [0.5, 0.6) is 0 Å². The first-order chi connectivity index (χ1) is 14.7. The van der Waals surface area contributed by atoms with E-state index in [0.29, 0.717) is 0 Å². The van der Waals surface area contributed by atoms with Crippen LogP contribution < -0.4 is 0 Å². The number of nitrogens with zero attached hydrogens (tertiary/aromatic N) is 1. The quantitative estimate of drug-likeness (QED) is 0.327. The fourth-order valence-corrected chi connectivity index (χ4v) is 7.71. The van der Waals surface area contributed by atoms with Gasteiger partial charge in [-0.25, -0.2) is 0 Å². The summed E-state index contributed by atoms with van der Waals surface area (Å²) in [5.41, 5.74) is 0.0314. The topological polar surface area (TPSA) is 23.8 Å². The lowest BCUT2D eigenvalue weighted by atomic mass is 9.61. The summed E-state index contributed by atoms with van der Waals surface area (Å²) in [6, 6.07) is 2.85. The van der Waals surface area contributed by atoms with Crippen LogP contribution in [-0.2, 0) is 0 Å². The van der Waals surface area contributed by atoms with Gasteiger partial charge in [-0.3, -0.25) is 0 Å². The van der Waals surface area contributed by atoms with Crippen molar-refractivity contribution in [2.45, 2.75) is 142 Å². The van der Waals surface area contributed by atoms with Crippen LogP contribution in [0.25, 0.3) is 0 Å². The highest BCUT2D eigenvalue weighted by Gasteiger charge is 2.40. The minimum Gasteiger partial charge on any atom is -0.198 e. The van der Waals surface area contributed by atoms with E-state index in [9.17, 15) is 5.26 Å². The van der Waals surface area contributed by atoms with Crippen molar-refractivity contribution in [2.75, 3.05) is 0 Å². The van der Waals surface area contributed by atoms with E-state index in [1.807, 2.05) is 0 Å². The molecule has 0 spiro atoms. The number of nitriles is 1. The molecule has 2 unspecified atom stereocenters. The molecule has 3 rings (SSSR count). The average molecular weight is 414 g/mol. The summed E-state index contributed by atoms with van der Waals surface area (Å²) in [5, 5.41) is 10.1. The number of rotatable bonds is 10. The summed E-state index contributed by atoms with van der Waals surface area (Å²) in [5.74, 6) is 4.92. The van der Waals surface area contributed by atoms with Crippen LogP contribution in [0.4, 0.5) is 0 Å². The van der Waals surface area contributed by atoms with Gasteiger partial charge in [0.15, 0.2) is 0 Å². The van der Waals surface area contributed by atoms with Gasteiger partial charge in [-0.2, -0.15) is 5.26 Å². The molecule has 0 radical (unpaired) electrons. The third kappa shape index (κ3) is 6.74. The van der Waals surface area contributed by atoms with Crippen molar-refractivity contribution in [1.29, 1.82) is 5.26 Å². The van der Waals surface area contributed by atoms with Gasteiger partial charge in [0.1, 0.15) is 0 Å². The molecule has 0 amide bonds. The van der Waals surface area contributed by atoms with E-state index in [0.717, 1.165) is 29.6 Å². The first kappa shape index (κ1) is 24.1. The summed E-state index contributed by atoms with van der Waals surface area (Å²) in [7, 11) is 0. The molecule has 0 heterocycles. The Balaban J connectivity index is 1.42. The Morgan fingerprint density at radius 3 is 1.90 bits per heavy atom. The zero-order chi connectivity index (χ0) is 21.2. The molecule has 172 valence electrons. The smallest absolute Gasteiger partial charge is 0.0689 e. The van der Waals surface area contributed by atoms with Crippen LogP contribution in [0, 0.1) is 46.3 Å². The van der Waals surface area contributed by atoms with Gasteiger partial charge in [-0.15, -0.1) is 0 Å². The molecule has 0 aromatic rings. The number of hydrogen-bond donors (Lipinski definition) is 0. The fourth-order valence-electron chi connectivity index (χ4n) is 7.71. The van der Waals surface area contributed by atoms with E-state index in [-0.39, 0.29) is 5.41 Å². The molecule has 0 bridgehead atoms. The molecule has 0 aromatic heterocycles. The second-order valence-electron chi connectivity index (χ2n) is 11.7. The first-order valence-corrected chi connectivity index (χ1v) is 14.1. The Bertz CT molecular complexity index is 503. The highest BCUT2D eigenvalue weighted by molar-refractivity contribution is 5.03. The van der Waals surface area contributed by atoms with Crippen molar-refractivity contribution < 1.29 is 0 Å². The van der Waals surface area contributed by atoms with Gasteiger partial charge in [0, 0.05) is 0 Å². The van der Waals surface area contributed by atoms with Crippen molar-refractivity contribution in [1.82, 2.24) is 0 Å². The maximum Gasteiger partial charge on any atom is 0.0689 e. The largest absolute Gasteiger partial charge is 0.198 e. The van der Waals surface area contributed by atoms with Crippen molar-refractivity contribution in [3.05, 3.63) is 0 Å². The Morgan fingerprint density at radius 1 is 0.700 bits per heavy atom. The molecule has 30 heavy (non-hydrogen) atoms. The van der Waals surface area contributed by atoms with Crippen LogP contribution in [0.15, 0.2) is 0 Å². The minimum absolute atomic E-state index is 0.0314.